The molecular formula is C32H27N3O5. The van der Waals surface area contributed by atoms with Gasteiger partial charge in [-0.1, -0.05) is 53.6 Å². The average molecular weight is 534 g/mol. The van der Waals surface area contributed by atoms with Crippen molar-refractivity contribution in [2.45, 2.75) is 13.8 Å². The van der Waals surface area contributed by atoms with Crippen molar-refractivity contribution in [2.24, 2.45) is 0 Å². The van der Waals surface area contributed by atoms with E-state index in [4.69, 9.17) is 4.74 Å². The fourth-order valence-corrected chi connectivity index (χ4v) is 3.57. The monoisotopic (exact) mass is 533 g/mol. The molecule has 0 fully saturated rings. The maximum Gasteiger partial charge on any atom is 0.343 e. The molecule has 0 unspecified atom stereocenters. The Bertz CT molecular complexity index is 1560. The number of hydrazine groups is 1. The summed E-state index contributed by atoms with van der Waals surface area (Å²) in [6.07, 6.45) is 2.69. The van der Waals surface area contributed by atoms with Crippen LogP contribution >= 0.6 is 0 Å². The SMILES string of the molecule is Cc1ccc(C(=O)Nc2ccc(C(=O)NNC(=O)/C=C/c3ccccc3OC(=O)c3ccc(C)cc3)cc2)cc1. The van der Waals surface area contributed by atoms with Crippen molar-refractivity contribution >= 4 is 35.5 Å². The van der Waals surface area contributed by atoms with Gasteiger partial charge in [0.15, 0.2) is 0 Å². The van der Waals surface area contributed by atoms with Crippen molar-refractivity contribution in [1.82, 2.24) is 10.9 Å². The van der Waals surface area contributed by atoms with Crippen molar-refractivity contribution in [1.29, 1.82) is 0 Å². The minimum absolute atomic E-state index is 0.261. The van der Waals surface area contributed by atoms with Crippen molar-refractivity contribution in [3.8, 4) is 5.75 Å². The van der Waals surface area contributed by atoms with Gasteiger partial charge in [0.25, 0.3) is 17.7 Å². The average Bonchev–Trinajstić information content (AvgIpc) is 2.96. The molecular weight excluding hydrogens is 506 g/mol. The summed E-state index contributed by atoms with van der Waals surface area (Å²) in [5.41, 5.74) is 8.98. The van der Waals surface area contributed by atoms with Crippen molar-refractivity contribution in [3.05, 3.63) is 137 Å². The summed E-state index contributed by atoms with van der Waals surface area (Å²) in [6.45, 7) is 3.87. The van der Waals surface area contributed by atoms with Crippen LogP contribution in [0.15, 0.2) is 103 Å². The van der Waals surface area contributed by atoms with Crippen LogP contribution < -0.4 is 20.9 Å². The summed E-state index contributed by atoms with van der Waals surface area (Å²) in [4.78, 5) is 49.6. The Labute approximate surface area is 231 Å². The number of anilines is 1. The Morgan fingerprint density at radius 2 is 1.18 bits per heavy atom. The van der Waals surface area contributed by atoms with E-state index in [1.807, 2.05) is 38.1 Å². The van der Waals surface area contributed by atoms with Crippen LogP contribution in [0.1, 0.15) is 47.8 Å². The van der Waals surface area contributed by atoms with Gasteiger partial charge in [-0.3, -0.25) is 25.2 Å². The number of hydrogen-bond donors (Lipinski definition) is 3. The molecule has 0 saturated carbocycles. The molecule has 8 nitrogen and oxygen atoms in total. The quantitative estimate of drug-likeness (QED) is 0.130. The lowest BCUT2D eigenvalue weighted by Crippen LogP contribution is -2.40. The summed E-state index contributed by atoms with van der Waals surface area (Å²) < 4.78 is 5.51. The number of carbonyl (C=O) groups excluding carboxylic acids is 4. The molecule has 8 heteroatoms. The Morgan fingerprint density at radius 3 is 1.82 bits per heavy atom. The van der Waals surface area contributed by atoms with E-state index < -0.39 is 17.8 Å². The van der Waals surface area contributed by atoms with Gasteiger partial charge in [0.1, 0.15) is 5.75 Å². The summed E-state index contributed by atoms with van der Waals surface area (Å²) in [5.74, 6) is -1.61. The number of rotatable bonds is 7. The zero-order chi connectivity index (χ0) is 28.5. The molecule has 0 spiro atoms. The zero-order valence-corrected chi connectivity index (χ0v) is 21.9. The lowest BCUT2D eigenvalue weighted by atomic mass is 10.1. The second-order valence-corrected chi connectivity index (χ2v) is 8.97. The van der Waals surface area contributed by atoms with E-state index in [1.165, 1.54) is 24.3 Å². The minimum atomic E-state index is -0.588. The summed E-state index contributed by atoms with van der Waals surface area (Å²) in [5, 5.41) is 2.77. The molecule has 3 amide bonds. The maximum absolute atomic E-state index is 12.5. The van der Waals surface area contributed by atoms with Gasteiger partial charge in [0.05, 0.1) is 5.56 Å². The van der Waals surface area contributed by atoms with E-state index >= 15 is 0 Å². The molecule has 4 aromatic rings. The first-order valence-electron chi connectivity index (χ1n) is 12.4. The molecule has 3 N–H and O–H groups in total. The number of para-hydroxylation sites is 1. The minimum Gasteiger partial charge on any atom is -0.422 e. The summed E-state index contributed by atoms with van der Waals surface area (Å²) in [7, 11) is 0. The first-order valence-corrected chi connectivity index (χ1v) is 12.4. The van der Waals surface area contributed by atoms with Crippen molar-refractivity contribution in [2.75, 3.05) is 5.32 Å². The third-order valence-electron chi connectivity index (χ3n) is 5.84. The number of nitrogens with one attached hydrogen (secondary N) is 3. The van der Waals surface area contributed by atoms with Crippen molar-refractivity contribution in [3.63, 3.8) is 0 Å². The van der Waals surface area contributed by atoms with Crippen LogP contribution in [0.3, 0.4) is 0 Å². The van der Waals surface area contributed by atoms with Crippen LogP contribution in [-0.2, 0) is 4.79 Å². The van der Waals surface area contributed by atoms with Crippen molar-refractivity contribution < 1.29 is 23.9 Å². The van der Waals surface area contributed by atoms with Gasteiger partial charge in [0, 0.05) is 28.5 Å². The van der Waals surface area contributed by atoms with Crippen LogP contribution in [0.25, 0.3) is 6.08 Å². The number of benzene rings is 4. The Morgan fingerprint density at radius 1 is 0.625 bits per heavy atom. The molecule has 0 atom stereocenters. The van der Waals surface area contributed by atoms with E-state index in [9.17, 15) is 19.2 Å². The van der Waals surface area contributed by atoms with Gasteiger partial charge in [-0.25, -0.2) is 4.79 Å². The van der Waals surface area contributed by atoms with Gasteiger partial charge in [-0.15, -0.1) is 0 Å². The zero-order valence-electron chi connectivity index (χ0n) is 21.9. The lowest BCUT2D eigenvalue weighted by Gasteiger charge is -2.09. The molecule has 0 saturated heterocycles. The summed E-state index contributed by atoms with van der Waals surface area (Å²) in [6, 6.07) is 27.2. The highest BCUT2D eigenvalue weighted by atomic mass is 16.5. The molecule has 0 aromatic heterocycles. The lowest BCUT2D eigenvalue weighted by molar-refractivity contribution is -0.117. The Hall–Kier alpha value is -5.50. The number of amides is 3. The van der Waals surface area contributed by atoms with E-state index in [0.717, 1.165) is 11.1 Å². The molecule has 0 radical (unpaired) electrons. The van der Waals surface area contributed by atoms with Gasteiger partial charge in [0.2, 0.25) is 0 Å². The van der Waals surface area contributed by atoms with Gasteiger partial charge in [-0.2, -0.15) is 0 Å². The number of carbonyl (C=O) groups is 4. The van der Waals surface area contributed by atoms with Crippen LogP contribution in [0.4, 0.5) is 5.69 Å². The summed E-state index contributed by atoms with van der Waals surface area (Å²) >= 11 is 0. The molecule has 0 bridgehead atoms. The highest BCUT2D eigenvalue weighted by molar-refractivity contribution is 6.04. The first-order chi connectivity index (χ1) is 19.3. The van der Waals surface area contributed by atoms with E-state index in [0.29, 0.717) is 22.4 Å². The van der Waals surface area contributed by atoms with Crippen LogP contribution in [0, 0.1) is 13.8 Å². The number of hydrogen-bond acceptors (Lipinski definition) is 5. The highest BCUT2D eigenvalue weighted by Crippen LogP contribution is 2.21. The molecule has 0 heterocycles. The van der Waals surface area contributed by atoms with E-state index in [2.05, 4.69) is 16.2 Å². The smallest absolute Gasteiger partial charge is 0.343 e. The Balaban J connectivity index is 1.29. The second kappa shape index (κ2) is 12.8. The fourth-order valence-electron chi connectivity index (χ4n) is 3.57. The van der Waals surface area contributed by atoms with Crippen LogP contribution in [0.2, 0.25) is 0 Å². The molecule has 4 aromatic carbocycles. The predicted molar refractivity (Wildman–Crippen MR) is 153 cm³/mol. The third kappa shape index (κ3) is 7.52. The molecule has 0 aliphatic heterocycles. The molecule has 0 aliphatic rings. The van der Waals surface area contributed by atoms with Gasteiger partial charge in [-0.05, 0) is 74.5 Å². The topological polar surface area (TPSA) is 114 Å². The van der Waals surface area contributed by atoms with Crippen LogP contribution in [-0.4, -0.2) is 23.7 Å². The number of esters is 1. The third-order valence-corrected chi connectivity index (χ3v) is 5.84. The van der Waals surface area contributed by atoms with Gasteiger partial charge >= 0.3 is 5.97 Å². The first kappa shape index (κ1) is 27.5. The molecule has 40 heavy (non-hydrogen) atoms. The fraction of sp³-hybridized carbons (Fsp3) is 0.0625. The van der Waals surface area contributed by atoms with Gasteiger partial charge < -0.3 is 10.1 Å². The number of ether oxygens (including phenoxy) is 1. The van der Waals surface area contributed by atoms with Crippen LogP contribution in [0.5, 0.6) is 5.75 Å². The predicted octanol–water partition coefficient (Wildman–Crippen LogP) is 5.25. The second-order valence-electron chi connectivity index (χ2n) is 8.97. The normalized spacial score (nSPS) is 10.6. The molecule has 200 valence electrons. The maximum atomic E-state index is 12.5. The highest BCUT2D eigenvalue weighted by Gasteiger charge is 2.11. The number of aryl methyl sites for hydroxylation is 2. The van der Waals surface area contributed by atoms with E-state index in [1.54, 1.807) is 60.7 Å². The molecule has 4 rings (SSSR count). The molecule has 0 aliphatic carbocycles. The largest absolute Gasteiger partial charge is 0.422 e. The standard InChI is InChI=1S/C32H27N3O5/c1-21-7-11-24(12-8-21)30(37)33-27-18-15-25(16-19-27)31(38)35-34-29(36)20-17-23-5-3-4-6-28(23)40-32(39)26-13-9-22(2)10-14-26/h3-20H,1-2H3,(H,33,37)(H,34,36)(H,35,38)/b20-17+. The Kier molecular flexibility index (Phi) is 8.84. The van der Waals surface area contributed by atoms with E-state index in [-0.39, 0.29) is 17.2 Å².